The number of alkyl halides is 1. The Morgan fingerprint density at radius 2 is 1.95 bits per heavy atom. The highest BCUT2D eigenvalue weighted by molar-refractivity contribution is 5.70. The van der Waals surface area contributed by atoms with Crippen LogP contribution in [0, 0.1) is 11.8 Å². The number of likely N-dealkylation sites (N-methyl/N-ethyl adjacent to an activating group) is 1. The number of aliphatic hydroxyl groups is 2. The molecule has 10 heteroatoms. The van der Waals surface area contributed by atoms with Gasteiger partial charge in [0, 0.05) is 44.6 Å². The standard InChI is InChI=1S/C31H50FN3O6/c1-22(21-40-30(38)35-14-12-25(32)20-35)7-6-8-23(2)29-24(3)9-10-27(34-17-15-33(5)16-18-34)31(4,39)13-11-26(36)19-28(37)41-29/h6-10,22,24-27,29,36,39H,11-21H2,1-5H3/b7-6+,10-9+,23-8+/t22-,24+,25-,26+,27+,29-,31+/m1/s1. The molecule has 232 valence electrons. The van der Waals surface area contributed by atoms with Crippen molar-refractivity contribution < 1.29 is 33.7 Å². The lowest BCUT2D eigenvalue weighted by Crippen LogP contribution is -2.56. The predicted octanol–water partition coefficient (Wildman–Crippen LogP) is 3.32. The van der Waals surface area contributed by atoms with E-state index in [1.54, 1.807) is 0 Å². The molecule has 3 aliphatic heterocycles. The topological polar surface area (TPSA) is 103 Å². The van der Waals surface area contributed by atoms with Crippen LogP contribution in [0.4, 0.5) is 9.18 Å². The van der Waals surface area contributed by atoms with E-state index in [2.05, 4.69) is 16.8 Å². The molecule has 3 heterocycles. The molecule has 0 saturated carbocycles. The van der Waals surface area contributed by atoms with E-state index < -0.39 is 36.0 Å². The van der Waals surface area contributed by atoms with Crippen molar-refractivity contribution in [1.82, 2.24) is 14.7 Å². The minimum absolute atomic E-state index is 0.0651. The molecule has 0 spiro atoms. The Bertz CT molecular complexity index is 961. The van der Waals surface area contributed by atoms with E-state index >= 15 is 0 Å². The molecule has 1 amide bonds. The maximum atomic E-state index is 13.3. The van der Waals surface area contributed by atoms with E-state index in [1.807, 2.05) is 58.1 Å². The van der Waals surface area contributed by atoms with E-state index in [1.165, 1.54) is 4.90 Å². The minimum Gasteiger partial charge on any atom is -0.457 e. The van der Waals surface area contributed by atoms with Gasteiger partial charge in [0.25, 0.3) is 0 Å². The summed E-state index contributed by atoms with van der Waals surface area (Å²) in [6, 6.07) is -0.231. The van der Waals surface area contributed by atoms with Gasteiger partial charge < -0.3 is 29.5 Å². The van der Waals surface area contributed by atoms with Crippen molar-refractivity contribution in [3.63, 3.8) is 0 Å². The number of piperazine rings is 1. The van der Waals surface area contributed by atoms with Crippen LogP contribution < -0.4 is 0 Å². The third-order valence-electron chi connectivity index (χ3n) is 8.39. The van der Waals surface area contributed by atoms with Gasteiger partial charge >= 0.3 is 12.1 Å². The van der Waals surface area contributed by atoms with Crippen LogP contribution in [0.2, 0.25) is 0 Å². The molecule has 41 heavy (non-hydrogen) atoms. The first-order valence-corrected chi connectivity index (χ1v) is 15.0. The van der Waals surface area contributed by atoms with E-state index in [-0.39, 0.29) is 37.5 Å². The Kier molecular flexibility index (Phi) is 12.4. The van der Waals surface area contributed by atoms with E-state index in [4.69, 9.17) is 9.47 Å². The van der Waals surface area contributed by atoms with Gasteiger partial charge in [-0.15, -0.1) is 0 Å². The molecule has 7 atom stereocenters. The number of aliphatic hydroxyl groups excluding tert-OH is 1. The molecule has 0 radical (unpaired) electrons. The highest BCUT2D eigenvalue weighted by Crippen LogP contribution is 2.28. The van der Waals surface area contributed by atoms with Crippen LogP contribution in [0.1, 0.15) is 53.4 Å². The number of carbonyl (C=O) groups excluding carboxylic acids is 2. The summed E-state index contributed by atoms with van der Waals surface area (Å²) in [6.07, 6.45) is 7.66. The normalized spacial score (nSPS) is 35.0. The molecule has 9 nitrogen and oxygen atoms in total. The van der Waals surface area contributed by atoms with Crippen molar-refractivity contribution in [2.45, 2.75) is 83.4 Å². The number of cyclic esters (lactones) is 1. The third kappa shape index (κ3) is 10.2. The molecular formula is C31H50FN3O6. The molecule has 3 aliphatic rings. The van der Waals surface area contributed by atoms with Gasteiger partial charge in [-0.25, -0.2) is 9.18 Å². The van der Waals surface area contributed by atoms with Crippen molar-refractivity contribution in [3.8, 4) is 0 Å². The first-order valence-electron chi connectivity index (χ1n) is 15.0. The molecule has 2 fully saturated rings. The van der Waals surface area contributed by atoms with Gasteiger partial charge in [0.05, 0.1) is 37.3 Å². The van der Waals surface area contributed by atoms with Crippen LogP contribution in [0.25, 0.3) is 0 Å². The van der Waals surface area contributed by atoms with Crippen molar-refractivity contribution in [3.05, 3.63) is 36.0 Å². The summed E-state index contributed by atoms with van der Waals surface area (Å²) in [7, 11) is 2.09. The Labute approximate surface area is 244 Å². The summed E-state index contributed by atoms with van der Waals surface area (Å²) < 4.78 is 24.6. The lowest BCUT2D eigenvalue weighted by atomic mass is 9.86. The predicted molar refractivity (Wildman–Crippen MR) is 156 cm³/mol. The average molecular weight is 580 g/mol. The zero-order valence-electron chi connectivity index (χ0n) is 25.4. The van der Waals surface area contributed by atoms with Gasteiger partial charge in [0.2, 0.25) is 0 Å². The second-order valence-corrected chi connectivity index (χ2v) is 12.4. The quantitative estimate of drug-likeness (QED) is 0.281. The number of hydrogen-bond donors (Lipinski definition) is 2. The van der Waals surface area contributed by atoms with Crippen LogP contribution >= 0.6 is 0 Å². The SMILES string of the molecule is C/C(=C\C=C\[C@@H](C)COC(=O)N1CC[C@@H](F)C1)[C@H]1OC(=O)C[C@@H](O)CC[C@](C)(O)[C@@H](N2CCN(C)CC2)/C=C/[C@@H]1C. The summed E-state index contributed by atoms with van der Waals surface area (Å²) in [5.74, 6) is -0.721. The number of likely N-dealkylation sites (tertiary alicyclic amines) is 1. The lowest BCUT2D eigenvalue weighted by Gasteiger charge is -2.43. The van der Waals surface area contributed by atoms with Crippen LogP contribution in [0.5, 0.6) is 0 Å². The Morgan fingerprint density at radius 1 is 1.24 bits per heavy atom. The molecule has 0 aromatic rings. The molecule has 2 saturated heterocycles. The molecular weight excluding hydrogens is 529 g/mol. The number of allylic oxidation sites excluding steroid dienone is 2. The zero-order chi connectivity index (χ0) is 30.2. The van der Waals surface area contributed by atoms with Crippen LogP contribution in [-0.2, 0) is 14.3 Å². The molecule has 0 bridgehead atoms. The molecule has 3 rings (SSSR count). The maximum Gasteiger partial charge on any atom is 0.409 e. The average Bonchev–Trinajstić information content (AvgIpc) is 3.36. The second kappa shape index (κ2) is 15.3. The number of nitrogens with zero attached hydrogens (tertiary/aromatic N) is 3. The van der Waals surface area contributed by atoms with E-state index in [0.717, 1.165) is 31.8 Å². The smallest absolute Gasteiger partial charge is 0.409 e. The van der Waals surface area contributed by atoms with Crippen molar-refractivity contribution in [2.75, 3.05) is 52.9 Å². The number of esters is 1. The molecule has 0 unspecified atom stereocenters. The monoisotopic (exact) mass is 579 g/mol. The van der Waals surface area contributed by atoms with Gasteiger partial charge in [0.1, 0.15) is 12.3 Å². The van der Waals surface area contributed by atoms with E-state index in [0.29, 0.717) is 25.8 Å². The van der Waals surface area contributed by atoms with Crippen LogP contribution in [0.15, 0.2) is 36.0 Å². The second-order valence-electron chi connectivity index (χ2n) is 12.4. The van der Waals surface area contributed by atoms with Gasteiger partial charge in [-0.2, -0.15) is 0 Å². The number of hydrogen-bond acceptors (Lipinski definition) is 8. The first kappa shape index (κ1) is 33.2. The van der Waals surface area contributed by atoms with Gasteiger partial charge in [-0.3, -0.25) is 9.69 Å². The summed E-state index contributed by atoms with van der Waals surface area (Å²) in [4.78, 5) is 30.8. The van der Waals surface area contributed by atoms with Gasteiger partial charge in [-0.05, 0) is 45.7 Å². The summed E-state index contributed by atoms with van der Waals surface area (Å²) in [5.41, 5.74) is -0.238. The van der Waals surface area contributed by atoms with Crippen molar-refractivity contribution in [2.24, 2.45) is 11.8 Å². The van der Waals surface area contributed by atoms with Gasteiger partial charge in [-0.1, -0.05) is 44.2 Å². The minimum atomic E-state index is -1.07. The molecule has 0 aromatic carbocycles. The maximum absolute atomic E-state index is 13.3. The summed E-state index contributed by atoms with van der Waals surface area (Å²) in [5, 5.41) is 22.1. The fourth-order valence-electron chi connectivity index (χ4n) is 5.63. The number of halogens is 1. The Hall–Kier alpha value is -2.27. The largest absolute Gasteiger partial charge is 0.457 e. The Balaban J connectivity index is 1.70. The number of ether oxygens (including phenoxy) is 2. The fourth-order valence-corrected chi connectivity index (χ4v) is 5.63. The van der Waals surface area contributed by atoms with Crippen molar-refractivity contribution >= 4 is 12.1 Å². The summed E-state index contributed by atoms with van der Waals surface area (Å²) >= 11 is 0. The van der Waals surface area contributed by atoms with E-state index in [9.17, 15) is 24.2 Å². The van der Waals surface area contributed by atoms with Gasteiger partial charge in [0.15, 0.2) is 0 Å². The highest BCUT2D eigenvalue weighted by Gasteiger charge is 2.37. The van der Waals surface area contributed by atoms with Crippen LogP contribution in [-0.4, -0.2) is 120 Å². The number of carbonyl (C=O) groups is 2. The molecule has 0 aromatic heterocycles. The summed E-state index contributed by atoms with van der Waals surface area (Å²) in [6.45, 7) is 11.8. The van der Waals surface area contributed by atoms with Crippen LogP contribution in [0.3, 0.4) is 0 Å². The number of amides is 1. The molecule has 0 aliphatic carbocycles. The fraction of sp³-hybridized carbons (Fsp3) is 0.742. The Morgan fingerprint density at radius 3 is 2.61 bits per heavy atom. The lowest BCUT2D eigenvalue weighted by molar-refractivity contribution is -0.151. The third-order valence-corrected chi connectivity index (χ3v) is 8.39. The zero-order valence-corrected chi connectivity index (χ0v) is 25.4. The number of rotatable bonds is 6. The van der Waals surface area contributed by atoms with Crippen molar-refractivity contribution in [1.29, 1.82) is 0 Å². The first-order chi connectivity index (χ1) is 19.4. The highest BCUT2D eigenvalue weighted by atomic mass is 19.1. The molecule has 2 N–H and O–H groups in total.